The number of ketones is 1. The first-order valence-electron chi connectivity index (χ1n) is 12.0. The van der Waals surface area contributed by atoms with Crippen LogP contribution in [-0.2, 0) is 38.6 Å². The zero-order chi connectivity index (χ0) is 28.1. The molecule has 0 bridgehead atoms. The van der Waals surface area contributed by atoms with Crippen molar-refractivity contribution in [3.63, 3.8) is 0 Å². The van der Waals surface area contributed by atoms with Gasteiger partial charge in [0.15, 0.2) is 13.3 Å². The molecule has 0 aliphatic carbocycles. The summed E-state index contributed by atoms with van der Waals surface area (Å²) in [5, 5.41) is 0. The van der Waals surface area contributed by atoms with Gasteiger partial charge in [-0.05, 0) is 24.6 Å². The highest BCUT2D eigenvalue weighted by molar-refractivity contribution is 7.90. The molecule has 0 aromatic heterocycles. The maximum Gasteiger partial charge on any atom is 0.338 e. The van der Waals surface area contributed by atoms with Gasteiger partial charge >= 0.3 is 16.1 Å². The highest BCUT2D eigenvalue weighted by Crippen LogP contribution is 2.37. The normalized spacial score (nSPS) is 17.9. The number of Topliss-reactive ketones (excluding diaryl/α,β-unsaturated/α-hetero) is 1. The molecule has 2 aromatic rings. The van der Waals surface area contributed by atoms with Gasteiger partial charge in [0.05, 0.1) is 16.7 Å². The third-order valence-corrected chi connectivity index (χ3v) is 9.38. The second kappa shape index (κ2) is 9.82. The molecule has 0 amide bonds. The molecule has 0 saturated heterocycles. The van der Waals surface area contributed by atoms with E-state index in [2.05, 4.69) is 0 Å². The zero-order valence-corrected chi connectivity index (χ0v) is 23.7. The van der Waals surface area contributed by atoms with Crippen molar-refractivity contribution < 1.29 is 31.7 Å². The van der Waals surface area contributed by atoms with E-state index in [0.29, 0.717) is 16.7 Å². The van der Waals surface area contributed by atoms with Crippen LogP contribution in [0, 0.1) is 0 Å². The van der Waals surface area contributed by atoms with Crippen molar-refractivity contribution >= 4 is 112 Å². The van der Waals surface area contributed by atoms with Crippen molar-refractivity contribution in [2.75, 3.05) is 6.61 Å². The van der Waals surface area contributed by atoms with Crippen molar-refractivity contribution in [1.29, 1.82) is 0 Å². The molecule has 0 fully saturated rings. The van der Waals surface area contributed by atoms with Crippen molar-refractivity contribution in [1.82, 2.24) is 0 Å². The summed E-state index contributed by atoms with van der Waals surface area (Å²) in [5.74, 6) is -2.23. The fraction of sp³-hybridized carbons (Fsp3) is 0.200. The summed E-state index contributed by atoms with van der Waals surface area (Å²) >= 11 is 0. The lowest BCUT2D eigenvalue weighted by atomic mass is 9.53. The maximum atomic E-state index is 13.7. The molecule has 3 rings (SSSR count). The minimum atomic E-state index is -4.41. The summed E-state index contributed by atoms with van der Waals surface area (Å²) in [6.07, 6.45) is 0. The first-order valence-corrected chi connectivity index (χ1v) is 13.4. The van der Waals surface area contributed by atoms with Crippen LogP contribution in [-0.4, -0.2) is 89.5 Å². The zero-order valence-electron chi connectivity index (χ0n) is 22.9. The SMILES string of the molecule is Bc1c(B)c(B)c(C(B)(B)S(=O)(=O)OC2=C(N)O[C@](B)(c3ccc(C(=O)OCC)cc3)C2=O)c(B)c1B. The summed E-state index contributed by atoms with van der Waals surface area (Å²) in [5.41, 5.74) is 10.5. The van der Waals surface area contributed by atoms with E-state index in [0.717, 1.165) is 27.3 Å². The molecule has 0 radical (unpaired) electrons. The number of esters is 1. The van der Waals surface area contributed by atoms with Crippen LogP contribution in [0.2, 0.25) is 0 Å². The first-order chi connectivity index (χ1) is 17.0. The molecule has 0 spiro atoms. The number of benzene rings is 2. The Bertz CT molecular complexity index is 1410. The Morgan fingerprint density at radius 2 is 1.49 bits per heavy atom. The summed E-state index contributed by atoms with van der Waals surface area (Å²) < 4.78 is 41.9. The van der Waals surface area contributed by atoms with E-state index in [-0.39, 0.29) is 6.61 Å². The molecule has 8 nitrogen and oxygen atoms in total. The Balaban J connectivity index is 1.97. The lowest BCUT2D eigenvalue weighted by Crippen LogP contribution is -2.60. The van der Waals surface area contributed by atoms with Crippen LogP contribution >= 0.6 is 0 Å². The third-order valence-electron chi connectivity index (χ3n) is 7.54. The first kappa shape index (κ1) is 28.8. The molecule has 2 aromatic carbocycles. The van der Waals surface area contributed by atoms with E-state index < -0.39 is 43.6 Å². The second-order valence-corrected chi connectivity index (χ2v) is 12.1. The molecule has 1 aliphatic heterocycles. The number of rotatable bonds is 7. The molecule has 2 N–H and O–H groups in total. The van der Waals surface area contributed by atoms with E-state index in [9.17, 15) is 18.0 Å². The molecule has 37 heavy (non-hydrogen) atoms. The quantitative estimate of drug-likeness (QED) is 0.221. The Morgan fingerprint density at radius 3 is 1.97 bits per heavy atom. The number of hydrogen-bond acceptors (Lipinski definition) is 8. The topological polar surface area (TPSA) is 122 Å². The van der Waals surface area contributed by atoms with E-state index in [4.69, 9.17) is 19.4 Å². The van der Waals surface area contributed by atoms with Gasteiger partial charge in [0.25, 0.3) is 0 Å². The number of carbonyl (C=O) groups is 2. The minimum absolute atomic E-state index is 0.229. The van der Waals surface area contributed by atoms with Crippen molar-refractivity contribution in [2.45, 2.75) is 17.0 Å². The summed E-state index contributed by atoms with van der Waals surface area (Å²) in [6.45, 7) is 1.93. The second-order valence-electron chi connectivity index (χ2n) is 10.0. The third kappa shape index (κ3) is 4.67. The number of carbonyl (C=O) groups excluding carboxylic acids is 2. The Kier molecular flexibility index (Phi) is 7.63. The van der Waals surface area contributed by atoms with Crippen LogP contribution in [0.4, 0.5) is 0 Å². The van der Waals surface area contributed by atoms with Gasteiger partial charge in [0.1, 0.15) is 54.9 Å². The number of hydrogen-bond donors (Lipinski definition) is 1. The number of nitrogens with two attached hydrogens (primary N) is 1. The van der Waals surface area contributed by atoms with Gasteiger partial charge in [0.2, 0.25) is 17.4 Å². The van der Waals surface area contributed by atoms with Crippen molar-refractivity contribution in [3.8, 4) is 0 Å². The van der Waals surface area contributed by atoms with Crippen molar-refractivity contribution in [3.05, 3.63) is 52.6 Å². The largest absolute Gasteiger partial charge is 0.467 e. The lowest BCUT2D eigenvalue weighted by Gasteiger charge is -2.32. The van der Waals surface area contributed by atoms with Gasteiger partial charge < -0.3 is 19.4 Å². The fourth-order valence-corrected chi connectivity index (χ4v) is 5.93. The molecular weight excluding hydrogens is 485 g/mol. The molecular formula is C20H27B8NO7S. The predicted molar refractivity (Wildman–Crippen MR) is 166 cm³/mol. The molecule has 1 aliphatic rings. The molecule has 0 unspecified atom stereocenters. The van der Waals surface area contributed by atoms with Crippen LogP contribution in [0.1, 0.15) is 28.4 Å². The van der Waals surface area contributed by atoms with Crippen LogP contribution in [0.25, 0.3) is 0 Å². The summed E-state index contributed by atoms with van der Waals surface area (Å²) in [6, 6.07) is 6.06. The highest BCUT2D eigenvalue weighted by atomic mass is 32.2. The highest BCUT2D eigenvalue weighted by Gasteiger charge is 2.51. The summed E-state index contributed by atoms with van der Waals surface area (Å²) in [4.78, 5) is 25.4. The molecule has 1 atom stereocenters. The molecule has 17 heteroatoms. The number of ether oxygens (including phenoxy) is 2. The average Bonchev–Trinajstić information content (AvgIpc) is 3.05. The van der Waals surface area contributed by atoms with Crippen LogP contribution in [0.5, 0.6) is 0 Å². The fourth-order valence-electron chi connectivity index (χ4n) is 4.79. The standard InChI is InChI=1S/C20H27B8NO7S/c1-2-34-18(31)7-3-5-8(6-4-7)19(26)16(30)15(17(29)35-19)36-37(32,33)20(27,28)9-10(21)12(23)14(25)13(24)11(9)22/h3-6H,2,21-29H2,1H3/t19-/m1/s1. The van der Waals surface area contributed by atoms with Crippen molar-refractivity contribution in [2.24, 2.45) is 5.73 Å². The van der Waals surface area contributed by atoms with E-state index in [1.165, 1.54) is 32.1 Å². The molecule has 0 saturated carbocycles. The van der Waals surface area contributed by atoms with Crippen LogP contribution in [0.3, 0.4) is 0 Å². The van der Waals surface area contributed by atoms with E-state index in [1.54, 1.807) is 22.6 Å². The average molecular weight is 512 g/mol. The van der Waals surface area contributed by atoms with E-state index in [1.807, 2.05) is 39.2 Å². The predicted octanol–water partition coefficient (Wildman–Crippen LogP) is -9.91. The van der Waals surface area contributed by atoms with E-state index >= 15 is 0 Å². The van der Waals surface area contributed by atoms with Crippen LogP contribution < -0.4 is 33.0 Å². The molecule has 1 heterocycles. The minimum Gasteiger partial charge on any atom is -0.467 e. The van der Waals surface area contributed by atoms with Gasteiger partial charge in [-0.15, -0.1) is 16.4 Å². The molecule has 184 valence electrons. The Hall–Kier alpha value is -2.81. The smallest absolute Gasteiger partial charge is 0.338 e. The van der Waals surface area contributed by atoms with Gasteiger partial charge in [-0.1, -0.05) is 28.6 Å². The van der Waals surface area contributed by atoms with Gasteiger partial charge in [-0.3, -0.25) is 4.79 Å². The van der Waals surface area contributed by atoms with Gasteiger partial charge in [0, 0.05) is 0 Å². The van der Waals surface area contributed by atoms with Gasteiger partial charge in [-0.2, -0.15) is 8.42 Å². The Labute approximate surface area is 225 Å². The van der Waals surface area contributed by atoms with Gasteiger partial charge in [-0.25, -0.2) is 4.79 Å². The summed E-state index contributed by atoms with van der Waals surface area (Å²) in [7, 11) is 9.85. The lowest BCUT2D eigenvalue weighted by molar-refractivity contribution is -0.126. The van der Waals surface area contributed by atoms with Crippen LogP contribution in [0.15, 0.2) is 35.9 Å². The monoisotopic (exact) mass is 513 g/mol. The maximum absolute atomic E-state index is 13.7. The Morgan fingerprint density at radius 1 is 1.00 bits per heavy atom.